The van der Waals surface area contributed by atoms with Gasteiger partial charge in [0, 0.05) is 5.75 Å². The second-order valence-electron chi connectivity index (χ2n) is 6.38. The maximum atomic E-state index is 13.0. The summed E-state index contributed by atoms with van der Waals surface area (Å²) in [5, 5.41) is 0.420. The molecule has 2 aliphatic rings. The first kappa shape index (κ1) is 18.8. The number of hydrogen-bond donors (Lipinski definition) is 0. The summed E-state index contributed by atoms with van der Waals surface area (Å²) in [7, 11) is 2.96. The zero-order valence-corrected chi connectivity index (χ0v) is 17.0. The third-order valence-corrected chi connectivity index (χ3v) is 6.58. The molecule has 2 heterocycles. The molecule has 0 aliphatic carbocycles. The lowest BCUT2D eigenvalue weighted by Gasteiger charge is -2.25. The molecule has 2 atom stereocenters. The number of ether oxygens (including phenoxy) is 2. The number of amides is 1. The van der Waals surface area contributed by atoms with E-state index in [4.69, 9.17) is 21.7 Å². The lowest BCUT2D eigenvalue weighted by atomic mass is 10.1. The molecule has 0 saturated carbocycles. The summed E-state index contributed by atoms with van der Waals surface area (Å²) in [6.45, 7) is 0. The van der Waals surface area contributed by atoms with Gasteiger partial charge in [-0.1, -0.05) is 12.1 Å². The minimum atomic E-state index is -0.374. The van der Waals surface area contributed by atoms with Gasteiger partial charge in [-0.15, -0.1) is 11.8 Å². The Balaban J connectivity index is 1.60. The zero-order valence-electron chi connectivity index (χ0n) is 15.3. The first-order valence-corrected chi connectivity index (χ1v) is 10.1. The summed E-state index contributed by atoms with van der Waals surface area (Å²) >= 11 is 7.35. The maximum Gasteiger partial charge on any atom is 0.337 e. The van der Waals surface area contributed by atoms with Gasteiger partial charge in [0.25, 0.3) is 5.91 Å². The number of nitrogens with zero attached hydrogens (tertiary/aromatic N) is 2. The van der Waals surface area contributed by atoms with Crippen molar-refractivity contribution in [2.24, 2.45) is 0 Å². The van der Waals surface area contributed by atoms with Gasteiger partial charge >= 0.3 is 5.97 Å². The van der Waals surface area contributed by atoms with Crippen LogP contribution in [0.4, 0.5) is 5.69 Å². The summed E-state index contributed by atoms with van der Waals surface area (Å²) in [6, 6.07) is 14.2. The smallest absolute Gasteiger partial charge is 0.337 e. The topological polar surface area (TPSA) is 59.1 Å². The molecule has 28 heavy (non-hydrogen) atoms. The van der Waals surface area contributed by atoms with Crippen LogP contribution in [0, 0.1) is 0 Å². The van der Waals surface area contributed by atoms with E-state index in [1.54, 1.807) is 35.9 Å². The molecule has 0 bridgehead atoms. The van der Waals surface area contributed by atoms with Crippen LogP contribution >= 0.6 is 24.0 Å². The average molecular weight is 415 g/mol. The van der Waals surface area contributed by atoms with Crippen molar-refractivity contribution in [2.45, 2.75) is 11.4 Å². The molecule has 0 spiro atoms. The van der Waals surface area contributed by atoms with Crippen LogP contribution in [0.25, 0.3) is 0 Å². The summed E-state index contributed by atoms with van der Waals surface area (Å²) in [4.78, 5) is 28.2. The van der Waals surface area contributed by atoms with Gasteiger partial charge in [0.15, 0.2) is 5.11 Å². The van der Waals surface area contributed by atoms with Gasteiger partial charge in [-0.2, -0.15) is 0 Å². The average Bonchev–Trinajstić information content (AvgIpc) is 3.28. The molecule has 0 N–H and O–H groups in total. The zero-order chi connectivity index (χ0) is 19.8. The van der Waals surface area contributed by atoms with Crippen molar-refractivity contribution in [3.63, 3.8) is 0 Å². The van der Waals surface area contributed by atoms with Crippen LogP contribution in [-0.2, 0) is 9.53 Å². The number of benzene rings is 2. The third-order valence-electron chi connectivity index (χ3n) is 4.87. The number of fused-ring (bicyclic) bond motifs is 1. The fraction of sp³-hybridized carbons (Fsp3) is 0.250. The van der Waals surface area contributed by atoms with Crippen molar-refractivity contribution in [3.05, 3.63) is 59.7 Å². The molecule has 0 radical (unpaired) electrons. The van der Waals surface area contributed by atoms with Gasteiger partial charge in [-0.3, -0.25) is 9.69 Å². The van der Waals surface area contributed by atoms with E-state index in [1.165, 1.54) is 7.11 Å². The van der Waals surface area contributed by atoms with Crippen LogP contribution in [0.5, 0.6) is 5.75 Å². The molecule has 2 aliphatic heterocycles. The van der Waals surface area contributed by atoms with E-state index < -0.39 is 0 Å². The van der Waals surface area contributed by atoms with E-state index in [2.05, 4.69) is 0 Å². The van der Waals surface area contributed by atoms with Crippen molar-refractivity contribution in [1.82, 2.24) is 4.90 Å². The number of thioether (sulfide) groups is 1. The van der Waals surface area contributed by atoms with E-state index >= 15 is 0 Å². The van der Waals surface area contributed by atoms with Crippen molar-refractivity contribution in [2.75, 3.05) is 24.9 Å². The Morgan fingerprint density at radius 1 is 1.11 bits per heavy atom. The molecule has 0 aromatic heterocycles. The lowest BCUT2D eigenvalue weighted by Crippen LogP contribution is -2.33. The molecule has 4 rings (SSSR count). The molecule has 2 aromatic carbocycles. The third kappa shape index (κ3) is 3.02. The summed E-state index contributed by atoms with van der Waals surface area (Å²) in [5.41, 5.74) is 2.22. The van der Waals surface area contributed by atoms with Crippen LogP contribution in [0.15, 0.2) is 48.5 Å². The van der Waals surface area contributed by atoms with E-state index in [0.29, 0.717) is 16.4 Å². The van der Waals surface area contributed by atoms with Gasteiger partial charge in [0.2, 0.25) is 0 Å². The molecule has 8 heteroatoms. The highest BCUT2D eigenvalue weighted by Crippen LogP contribution is 2.46. The van der Waals surface area contributed by atoms with E-state index in [0.717, 1.165) is 17.0 Å². The number of carbonyl (C=O) groups is 2. The van der Waals surface area contributed by atoms with Crippen LogP contribution in [0.2, 0.25) is 0 Å². The van der Waals surface area contributed by atoms with Crippen molar-refractivity contribution >= 4 is 46.7 Å². The number of methoxy groups -OCH3 is 2. The predicted octanol–water partition coefficient (Wildman–Crippen LogP) is 3.23. The monoisotopic (exact) mass is 414 g/mol. The Morgan fingerprint density at radius 3 is 2.39 bits per heavy atom. The first-order chi connectivity index (χ1) is 13.5. The molecule has 1 amide bonds. The number of hydrogen-bond acceptors (Lipinski definition) is 6. The van der Waals surface area contributed by atoms with E-state index in [1.807, 2.05) is 41.3 Å². The molecule has 6 nitrogen and oxygen atoms in total. The molecule has 2 saturated heterocycles. The Hall–Kier alpha value is -2.58. The molecular weight excluding hydrogens is 396 g/mol. The van der Waals surface area contributed by atoms with Crippen LogP contribution in [0.3, 0.4) is 0 Å². The van der Waals surface area contributed by atoms with Crippen LogP contribution < -0.4 is 9.64 Å². The van der Waals surface area contributed by atoms with Crippen molar-refractivity contribution in [3.8, 4) is 5.75 Å². The molecule has 2 unspecified atom stereocenters. The van der Waals surface area contributed by atoms with Crippen molar-refractivity contribution < 1.29 is 19.1 Å². The highest BCUT2D eigenvalue weighted by molar-refractivity contribution is 7.99. The van der Waals surface area contributed by atoms with Crippen LogP contribution in [-0.4, -0.2) is 47.9 Å². The van der Waals surface area contributed by atoms with Crippen molar-refractivity contribution in [1.29, 1.82) is 0 Å². The van der Waals surface area contributed by atoms with Gasteiger partial charge in [0.1, 0.15) is 17.2 Å². The van der Waals surface area contributed by atoms with Gasteiger partial charge in [-0.25, -0.2) is 4.79 Å². The molecule has 2 fully saturated rings. The normalized spacial score (nSPS) is 21.1. The first-order valence-electron chi connectivity index (χ1n) is 8.65. The number of esters is 1. The van der Waals surface area contributed by atoms with E-state index in [-0.39, 0.29) is 23.3 Å². The Bertz CT molecular complexity index is 930. The Labute approximate surface area is 172 Å². The quantitative estimate of drug-likeness (QED) is 0.562. The maximum absolute atomic E-state index is 13.0. The fourth-order valence-corrected chi connectivity index (χ4v) is 5.34. The van der Waals surface area contributed by atoms with Crippen LogP contribution in [0.1, 0.15) is 21.3 Å². The summed E-state index contributed by atoms with van der Waals surface area (Å²) in [6.07, 6.45) is 0. The molecule has 144 valence electrons. The summed E-state index contributed by atoms with van der Waals surface area (Å²) < 4.78 is 9.93. The number of anilines is 1. The molecular formula is C20H18N2O4S2. The highest BCUT2D eigenvalue weighted by Gasteiger charge is 2.50. The lowest BCUT2D eigenvalue weighted by molar-refractivity contribution is -0.119. The molecule has 2 aromatic rings. The number of thiocarbonyl (C=S) groups is 1. The van der Waals surface area contributed by atoms with E-state index in [9.17, 15) is 9.59 Å². The minimum absolute atomic E-state index is 0.0173. The summed E-state index contributed by atoms with van der Waals surface area (Å²) in [5.74, 6) is 0.994. The largest absolute Gasteiger partial charge is 0.497 e. The van der Waals surface area contributed by atoms with Gasteiger partial charge < -0.3 is 14.4 Å². The van der Waals surface area contributed by atoms with Gasteiger partial charge in [-0.05, 0) is 54.2 Å². The Morgan fingerprint density at radius 2 is 1.79 bits per heavy atom. The second kappa shape index (κ2) is 7.44. The highest BCUT2D eigenvalue weighted by atomic mass is 32.2. The fourth-order valence-electron chi connectivity index (χ4n) is 3.42. The second-order valence-corrected chi connectivity index (χ2v) is 7.85. The van der Waals surface area contributed by atoms with Gasteiger partial charge in [0.05, 0.1) is 25.5 Å². The number of carbonyl (C=O) groups excluding carboxylic acids is 2. The standard InChI is InChI=1S/C20H18N2O4S2/c1-25-15-9-7-14(8-10-15)21-17(23)16-11-28-18(22(16)20(21)27)12-3-5-13(6-4-12)19(24)26-2/h3-10,16,18H,11H2,1-2H3. The Kier molecular flexibility index (Phi) is 4.99. The SMILES string of the molecule is COC(=O)c1ccc(C2SCC3C(=O)N(c4ccc(OC)cc4)C(=S)N32)cc1. The minimum Gasteiger partial charge on any atom is -0.497 e. The predicted molar refractivity (Wildman–Crippen MR) is 112 cm³/mol. The number of rotatable bonds is 4.